The number of fused-ring (bicyclic) bond motifs is 1. The zero-order chi connectivity index (χ0) is 28.7. The number of benzene rings is 1. The fraction of sp³-hybridized carbons (Fsp3) is 0.467. The lowest BCUT2D eigenvalue weighted by Crippen LogP contribution is -2.59. The molecule has 2 amide bonds. The maximum atomic E-state index is 13.4. The van der Waals surface area contributed by atoms with Crippen molar-refractivity contribution in [2.24, 2.45) is 11.3 Å². The number of carbonyl (C=O) groups excluding carboxylic acids is 2. The molecule has 2 N–H and O–H groups in total. The molecule has 41 heavy (non-hydrogen) atoms. The molecule has 2 aliphatic carbocycles. The number of nitrogens with one attached hydrogen (secondary N) is 2. The van der Waals surface area contributed by atoms with Crippen LogP contribution in [0.3, 0.4) is 0 Å². The SMILES string of the molecule is Cc1[nH]c(-c2cc(-c3cc4c(c(S(C)(=O)=O)c3)C(=O)N(C(C)C3CC3)C4)ccn2)nc1C(=O)NC1CC2(COC2)C1. The van der Waals surface area contributed by atoms with Crippen LogP contribution >= 0.6 is 0 Å². The summed E-state index contributed by atoms with van der Waals surface area (Å²) in [4.78, 5) is 40.4. The Morgan fingerprint density at radius 1 is 1.20 bits per heavy atom. The lowest BCUT2D eigenvalue weighted by atomic mass is 9.64. The van der Waals surface area contributed by atoms with Gasteiger partial charge in [-0.3, -0.25) is 14.6 Å². The van der Waals surface area contributed by atoms with Gasteiger partial charge in [-0.05, 0) is 86.4 Å². The number of carbonyl (C=O) groups is 2. The number of nitrogens with zero attached hydrogens (tertiary/aromatic N) is 3. The van der Waals surface area contributed by atoms with Crippen LogP contribution in [0.15, 0.2) is 35.4 Å². The number of aromatic amines is 1. The van der Waals surface area contributed by atoms with E-state index in [1.807, 2.05) is 26.0 Å². The second-order valence-electron chi connectivity index (χ2n) is 12.4. The maximum absolute atomic E-state index is 13.4. The summed E-state index contributed by atoms with van der Waals surface area (Å²) in [5, 5.41) is 3.08. The highest BCUT2D eigenvalue weighted by Crippen LogP contribution is 2.47. The predicted octanol–water partition coefficient (Wildman–Crippen LogP) is 3.51. The molecule has 1 saturated heterocycles. The van der Waals surface area contributed by atoms with Gasteiger partial charge in [-0.2, -0.15) is 0 Å². The minimum absolute atomic E-state index is 0.0536. The quantitative estimate of drug-likeness (QED) is 0.440. The number of rotatable bonds is 7. The van der Waals surface area contributed by atoms with Crippen LogP contribution in [0.4, 0.5) is 0 Å². The Balaban J connectivity index is 1.17. The summed E-state index contributed by atoms with van der Waals surface area (Å²) < 4.78 is 31.0. The average Bonchev–Trinajstić information content (AvgIpc) is 3.59. The van der Waals surface area contributed by atoms with Crippen LogP contribution in [0.1, 0.15) is 64.7 Å². The number of H-pyrrole nitrogens is 1. The summed E-state index contributed by atoms with van der Waals surface area (Å²) in [6.07, 6.45) is 6.83. The smallest absolute Gasteiger partial charge is 0.271 e. The van der Waals surface area contributed by atoms with Gasteiger partial charge in [0, 0.05) is 42.2 Å². The van der Waals surface area contributed by atoms with E-state index in [1.54, 1.807) is 23.2 Å². The summed E-state index contributed by atoms with van der Waals surface area (Å²) in [6, 6.07) is 7.32. The molecule has 1 atom stereocenters. The van der Waals surface area contributed by atoms with E-state index in [-0.39, 0.29) is 39.8 Å². The lowest BCUT2D eigenvalue weighted by Gasteiger charge is -2.53. The van der Waals surface area contributed by atoms with Gasteiger partial charge < -0.3 is 19.9 Å². The number of sulfone groups is 1. The van der Waals surface area contributed by atoms with Crippen molar-refractivity contribution in [3.63, 3.8) is 0 Å². The zero-order valence-corrected chi connectivity index (χ0v) is 24.2. The van der Waals surface area contributed by atoms with Gasteiger partial charge in [-0.25, -0.2) is 13.4 Å². The Hall–Kier alpha value is -3.57. The van der Waals surface area contributed by atoms with Crippen molar-refractivity contribution in [2.75, 3.05) is 19.5 Å². The van der Waals surface area contributed by atoms with Crippen LogP contribution in [-0.2, 0) is 21.1 Å². The first kappa shape index (κ1) is 26.3. The molecular formula is C30H33N5O5S. The van der Waals surface area contributed by atoms with Crippen molar-refractivity contribution in [3.05, 3.63) is 53.0 Å². The van der Waals surface area contributed by atoms with Gasteiger partial charge in [-0.15, -0.1) is 0 Å². The Morgan fingerprint density at radius 2 is 1.95 bits per heavy atom. The molecule has 3 fully saturated rings. The van der Waals surface area contributed by atoms with Crippen LogP contribution in [0, 0.1) is 18.3 Å². The molecule has 1 spiro atoms. The average molecular weight is 576 g/mol. The van der Waals surface area contributed by atoms with Crippen LogP contribution in [0.2, 0.25) is 0 Å². The molecule has 0 bridgehead atoms. The summed E-state index contributed by atoms with van der Waals surface area (Å²) in [6.45, 7) is 5.80. The highest BCUT2D eigenvalue weighted by atomic mass is 32.2. The second kappa shape index (κ2) is 9.22. The van der Waals surface area contributed by atoms with Crippen molar-refractivity contribution < 1.29 is 22.7 Å². The predicted molar refractivity (Wildman–Crippen MR) is 151 cm³/mol. The van der Waals surface area contributed by atoms with Crippen molar-refractivity contribution >= 4 is 21.7 Å². The Kier molecular flexibility index (Phi) is 5.92. The van der Waals surface area contributed by atoms with Crippen LogP contribution in [-0.4, -0.2) is 71.6 Å². The fourth-order valence-corrected chi connectivity index (χ4v) is 7.50. The fourth-order valence-electron chi connectivity index (χ4n) is 6.57. The number of aromatic nitrogens is 3. The number of imidazole rings is 1. The zero-order valence-electron chi connectivity index (χ0n) is 23.4. The highest BCUT2D eigenvalue weighted by Gasteiger charge is 2.50. The third-order valence-electron chi connectivity index (χ3n) is 9.14. The van der Waals surface area contributed by atoms with Crippen LogP contribution in [0.25, 0.3) is 22.6 Å². The third kappa shape index (κ3) is 4.55. The molecule has 1 unspecified atom stereocenters. The van der Waals surface area contributed by atoms with E-state index >= 15 is 0 Å². The largest absolute Gasteiger partial charge is 0.380 e. The van der Waals surface area contributed by atoms with Crippen molar-refractivity contribution in [2.45, 2.75) is 63.1 Å². The maximum Gasteiger partial charge on any atom is 0.271 e. The van der Waals surface area contributed by atoms with Crippen molar-refractivity contribution in [3.8, 4) is 22.6 Å². The lowest BCUT2D eigenvalue weighted by molar-refractivity contribution is -0.165. The van der Waals surface area contributed by atoms with E-state index in [0.717, 1.165) is 56.3 Å². The van der Waals surface area contributed by atoms with Crippen molar-refractivity contribution in [1.82, 2.24) is 25.2 Å². The normalized spacial score (nSPS) is 20.5. The van der Waals surface area contributed by atoms with Gasteiger partial charge in [0.25, 0.3) is 11.8 Å². The molecule has 10 nitrogen and oxygen atoms in total. The van der Waals surface area contributed by atoms with E-state index in [9.17, 15) is 18.0 Å². The van der Waals surface area contributed by atoms with E-state index in [4.69, 9.17) is 4.74 Å². The monoisotopic (exact) mass is 575 g/mol. The number of pyridine rings is 1. The molecule has 2 saturated carbocycles. The second-order valence-corrected chi connectivity index (χ2v) is 14.3. The number of hydrogen-bond donors (Lipinski definition) is 2. The summed E-state index contributed by atoms with van der Waals surface area (Å²) in [5.41, 5.74) is 4.19. The molecule has 3 aromatic rings. The van der Waals surface area contributed by atoms with E-state index < -0.39 is 9.84 Å². The number of aryl methyl sites for hydroxylation is 1. The Morgan fingerprint density at radius 3 is 2.61 bits per heavy atom. The van der Waals surface area contributed by atoms with Crippen molar-refractivity contribution in [1.29, 1.82) is 0 Å². The molecule has 4 heterocycles. The van der Waals surface area contributed by atoms with Gasteiger partial charge >= 0.3 is 0 Å². The van der Waals surface area contributed by atoms with E-state index in [2.05, 4.69) is 20.3 Å². The molecule has 0 radical (unpaired) electrons. The van der Waals surface area contributed by atoms with Gasteiger partial charge in [0.2, 0.25) is 0 Å². The molecule has 2 aliphatic heterocycles. The highest BCUT2D eigenvalue weighted by molar-refractivity contribution is 7.90. The van der Waals surface area contributed by atoms with Gasteiger partial charge in [0.15, 0.2) is 15.7 Å². The minimum atomic E-state index is -3.67. The van der Waals surface area contributed by atoms with Gasteiger partial charge in [0.05, 0.1) is 23.7 Å². The topological polar surface area (TPSA) is 134 Å². The first-order valence-corrected chi connectivity index (χ1v) is 16.0. The van der Waals surface area contributed by atoms with E-state index in [1.165, 1.54) is 0 Å². The minimum Gasteiger partial charge on any atom is -0.380 e. The molecule has 2 aromatic heterocycles. The van der Waals surface area contributed by atoms with Crippen LogP contribution in [0.5, 0.6) is 0 Å². The van der Waals surface area contributed by atoms with E-state index in [0.29, 0.717) is 40.9 Å². The molecular weight excluding hydrogens is 542 g/mol. The number of ether oxygens (including phenoxy) is 1. The van der Waals surface area contributed by atoms with Gasteiger partial charge in [-0.1, -0.05) is 0 Å². The summed E-state index contributed by atoms with van der Waals surface area (Å²) >= 11 is 0. The summed E-state index contributed by atoms with van der Waals surface area (Å²) in [5.74, 6) is 0.503. The third-order valence-corrected chi connectivity index (χ3v) is 10.3. The molecule has 1 aromatic carbocycles. The Labute approximate surface area is 238 Å². The molecule has 7 rings (SSSR count). The summed E-state index contributed by atoms with van der Waals surface area (Å²) in [7, 11) is -3.67. The van der Waals surface area contributed by atoms with Crippen LogP contribution < -0.4 is 5.32 Å². The standard InChI is InChI=1S/C30H33N5O5S/c1-16-26(28(36)33-22-11-30(12-22)14-40-15-30)34-27(32-16)23-9-19(6-7-31-23)20-8-21-13-35(17(2)18-4-5-18)29(37)25(21)24(10-20)41(3,38)39/h6-10,17-18,22H,4-5,11-15H2,1-3H3,(H,32,34)(H,33,36). The number of hydrogen-bond acceptors (Lipinski definition) is 7. The molecule has 4 aliphatic rings. The number of amides is 2. The van der Waals surface area contributed by atoms with Gasteiger partial charge in [0.1, 0.15) is 11.4 Å². The molecule has 11 heteroatoms. The first-order chi connectivity index (χ1) is 19.5. The Bertz CT molecular complexity index is 1700. The first-order valence-electron chi connectivity index (χ1n) is 14.1. The molecule has 214 valence electrons.